The van der Waals surface area contributed by atoms with E-state index in [1.54, 1.807) is 0 Å². The average molecular weight is 578 g/mol. The number of hydrogen-bond acceptors (Lipinski definition) is 7. The van der Waals surface area contributed by atoms with Crippen LogP contribution < -0.4 is 21.6 Å². The predicted octanol–water partition coefficient (Wildman–Crippen LogP) is 3.26. The maximum absolute atomic E-state index is 12.6. The summed E-state index contributed by atoms with van der Waals surface area (Å²) in [7, 11) is -2.83. The van der Waals surface area contributed by atoms with Gasteiger partial charge in [-0.15, -0.1) is 0 Å². The van der Waals surface area contributed by atoms with Gasteiger partial charge in [-0.2, -0.15) is 0 Å². The largest absolute Gasteiger partial charge is 0.457 e. The van der Waals surface area contributed by atoms with Crippen molar-refractivity contribution in [3.63, 3.8) is 0 Å². The maximum atomic E-state index is 12.6. The molecule has 216 valence electrons. The lowest BCUT2D eigenvalue weighted by atomic mass is 9.96. The normalized spacial score (nSPS) is 20.8. The van der Waals surface area contributed by atoms with Gasteiger partial charge < -0.3 is 13.9 Å². The number of aromatic amines is 1. The molecule has 1 N–H and O–H groups in total. The van der Waals surface area contributed by atoms with E-state index in [1.165, 1.54) is 23.8 Å². The minimum Gasteiger partial charge on any atom is -0.457 e. The zero-order chi connectivity index (χ0) is 29.6. The van der Waals surface area contributed by atoms with Crippen molar-refractivity contribution in [1.82, 2.24) is 9.55 Å². The van der Waals surface area contributed by atoms with Gasteiger partial charge in [-0.05, 0) is 27.4 Å². The van der Waals surface area contributed by atoms with Crippen molar-refractivity contribution in [2.45, 2.75) is 57.6 Å². The van der Waals surface area contributed by atoms with Gasteiger partial charge in [0, 0.05) is 43.2 Å². The molecule has 1 aliphatic rings. The molecule has 2 heterocycles. The Hall–Kier alpha value is -3.96. The zero-order valence-electron chi connectivity index (χ0n) is 23.6. The number of hydrogen-bond donors (Lipinski definition) is 1. The monoisotopic (exact) mass is 577 g/mol. The summed E-state index contributed by atoms with van der Waals surface area (Å²) >= 11 is 0. The Morgan fingerprint density at radius 1 is 1.07 bits per heavy atom. The maximum Gasteiger partial charge on any atom is 0.330 e. The van der Waals surface area contributed by atoms with Crippen LogP contribution in [-0.2, 0) is 18.7 Å². The van der Waals surface area contributed by atoms with Gasteiger partial charge >= 0.3 is 11.7 Å². The molecule has 1 aromatic heterocycles. The minimum absolute atomic E-state index is 0.0209. The fourth-order valence-electron chi connectivity index (χ4n) is 5.69. The van der Waals surface area contributed by atoms with Crippen molar-refractivity contribution >= 4 is 24.7 Å². The van der Waals surface area contributed by atoms with Crippen LogP contribution in [0.2, 0.25) is 5.04 Å². The van der Waals surface area contributed by atoms with Gasteiger partial charge in [0.25, 0.3) is 13.9 Å². The molecule has 0 unspecified atom stereocenters. The van der Waals surface area contributed by atoms with Crippen LogP contribution in [0, 0.1) is 5.92 Å². The van der Waals surface area contributed by atoms with E-state index in [0.29, 0.717) is 13.0 Å². The molecule has 0 bridgehead atoms. The minimum atomic E-state index is -2.83. The molecule has 11 nitrogen and oxygen atoms in total. The van der Waals surface area contributed by atoms with Gasteiger partial charge in [-0.1, -0.05) is 86.5 Å². The van der Waals surface area contributed by atoms with E-state index in [-0.39, 0.29) is 11.6 Å². The number of H-pyrrole nitrogens is 1. The summed E-state index contributed by atoms with van der Waals surface area (Å²) in [5.41, 5.74) is 7.80. The molecule has 1 fully saturated rings. The lowest BCUT2D eigenvalue weighted by Gasteiger charge is -2.43. The number of carbonyl (C=O) groups is 1. The summed E-state index contributed by atoms with van der Waals surface area (Å²) in [5.74, 6) is -1.13. The standard InChI is InChI=1S/C29H35N5O6Si/c1-20(35)39-26-23(19-31-33-30)24(40-27(26)34-17-15-25(36)32-28(34)37)16-18-38-41(29(2,3)4,21-11-7-5-8-12-21)22-13-9-6-10-14-22/h5-15,17,23-24,26-27H,16,18-19H2,1-4H3,(H,32,36,37)/t23-,24-,26-,27-/m1/s1. The van der Waals surface area contributed by atoms with Crippen molar-refractivity contribution in [2.24, 2.45) is 11.0 Å². The van der Waals surface area contributed by atoms with Gasteiger partial charge in [0.05, 0.1) is 6.10 Å². The molecule has 0 amide bonds. The molecule has 12 heteroatoms. The van der Waals surface area contributed by atoms with E-state index in [2.05, 4.69) is 60.0 Å². The first-order valence-corrected chi connectivity index (χ1v) is 15.4. The second kappa shape index (κ2) is 12.7. The quantitative estimate of drug-likeness (QED) is 0.129. The summed E-state index contributed by atoms with van der Waals surface area (Å²) in [5, 5.41) is 5.78. The summed E-state index contributed by atoms with van der Waals surface area (Å²) in [6.07, 6.45) is -0.859. The average Bonchev–Trinajstić information content (AvgIpc) is 3.26. The molecule has 4 rings (SSSR count). The van der Waals surface area contributed by atoms with Gasteiger partial charge in [-0.25, -0.2) is 4.79 Å². The Morgan fingerprint density at radius 2 is 1.68 bits per heavy atom. The number of azide groups is 1. The number of aromatic nitrogens is 2. The van der Waals surface area contributed by atoms with Gasteiger partial charge in [-0.3, -0.25) is 19.1 Å². The molecule has 41 heavy (non-hydrogen) atoms. The first kappa shape index (κ1) is 30.0. The summed E-state index contributed by atoms with van der Waals surface area (Å²) in [4.78, 5) is 41.5. The highest BCUT2D eigenvalue weighted by atomic mass is 28.4. The molecule has 1 aliphatic heterocycles. The molecule has 4 atom stereocenters. The second-order valence-electron chi connectivity index (χ2n) is 11.0. The highest BCUT2D eigenvalue weighted by Gasteiger charge is 2.51. The fourth-order valence-corrected chi connectivity index (χ4v) is 10.3. The smallest absolute Gasteiger partial charge is 0.330 e. The Bertz CT molecular complexity index is 1460. The molecule has 3 aromatic rings. The second-order valence-corrected chi connectivity index (χ2v) is 15.3. The molecule has 0 saturated carbocycles. The highest BCUT2D eigenvalue weighted by molar-refractivity contribution is 6.99. The third kappa shape index (κ3) is 6.36. The number of ether oxygens (including phenoxy) is 2. The lowest BCUT2D eigenvalue weighted by Crippen LogP contribution is -2.66. The van der Waals surface area contributed by atoms with Crippen molar-refractivity contribution in [1.29, 1.82) is 0 Å². The Labute approximate surface area is 238 Å². The van der Waals surface area contributed by atoms with Crippen LogP contribution in [0.1, 0.15) is 40.3 Å². The van der Waals surface area contributed by atoms with Crippen LogP contribution in [0.4, 0.5) is 0 Å². The Morgan fingerprint density at radius 3 is 2.20 bits per heavy atom. The van der Waals surface area contributed by atoms with Crippen LogP contribution in [0.15, 0.2) is 87.6 Å². The number of rotatable bonds is 10. The third-order valence-corrected chi connectivity index (χ3v) is 12.5. The van der Waals surface area contributed by atoms with Gasteiger partial charge in [0.2, 0.25) is 0 Å². The number of esters is 1. The van der Waals surface area contributed by atoms with Crippen LogP contribution >= 0.6 is 0 Å². The van der Waals surface area contributed by atoms with Crippen LogP contribution in [0.5, 0.6) is 0 Å². The van der Waals surface area contributed by atoms with E-state index in [4.69, 9.17) is 19.4 Å². The first-order valence-electron chi connectivity index (χ1n) is 13.5. The number of benzene rings is 2. The topological polar surface area (TPSA) is 148 Å². The molecule has 0 aliphatic carbocycles. The van der Waals surface area contributed by atoms with Crippen LogP contribution in [0.25, 0.3) is 10.4 Å². The number of nitrogens with one attached hydrogen (secondary N) is 1. The van der Waals surface area contributed by atoms with Gasteiger partial charge in [0.15, 0.2) is 12.3 Å². The molecule has 0 radical (unpaired) electrons. The lowest BCUT2D eigenvalue weighted by molar-refractivity contribution is -0.153. The SMILES string of the molecule is CC(=O)O[C@@H]1[C@H](CN=[N+]=[N-])[C@@H](CCO[Si](c2ccccc2)(c2ccccc2)C(C)(C)C)O[C@H]1n1ccc(=O)[nH]c1=O. The Balaban J connectivity index is 1.69. The van der Waals surface area contributed by atoms with E-state index in [9.17, 15) is 14.4 Å². The first-order chi connectivity index (χ1) is 19.6. The fraction of sp³-hybridized carbons (Fsp3) is 0.414. The van der Waals surface area contributed by atoms with Crippen molar-refractivity contribution in [2.75, 3.05) is 13.2 Å². The zero-order valence-corrected chi connectivity index (χ0v) is 24.6. The van der Waals surface area contributed by atoms with E-state index >= 15 is 0 Å². The molecular formula is C29H35N5O6Si. The third-order valence-electron chi connectivity index (χ3n) is 7.42. The van der Waals surface area contributed by atoms with E-state index in [0.717, 1.165) is 10.4 Å². The summed E-state index contributed by atoms with van der Waals surface area (Å²) in [6.45, 7) is 8.09. The molecular weight excluding hydrogens is 542 g/mol. The van der Waals surface area contributed by atoms with E-state index < -0.39 is 49.9 Å². The molecule has 1 saturated heterocycles. The number of carbonyl (C=O) groups excluding carboxylic acids is 1. The van der Waals surface area contributed by atoms with Crippen molar-refractivity contribution < 1.29 is 18.7 Å². The number of nitrogens with zero attached hydrogens (tertiary/aromatic N) is 4. The van der Waals surface area contributed by atoms with E-state index in [1.807, 2.05) is 36.4 Å². The highest BCUT2D eigenvalue weighted by Crippen LogP contribution is 2.40. The summed E-state index contributed by atoms with van der Waals surface area (Å²) in [6, 6.07) is 21.6. The van der Waals surface area contributed by atoms with Crippen LogP contribution in [-0.4, -0.2) is 49.2 Å². The molecule has 0 spiro atoms. The van der Waals surface area contributed by atoms with Crippen molar-refractivity contribution in [3.8, 4) is 0 Å². The van der Waals surface area contributed by atoms with Gasteiger partial charge in [0.1, 0.15) is 0 Å². The molecule has 2 aromatic carbocycles. The Kier molecular flexibility index (Phi) is 9.29. The van der Waals surface area contributed by atoms with Crippen molar-refractivity contribution in [3.05, 3.63) is 104 Å². The predicted molar refractivity (Wildman–Crippen MR) is 156 cm³/mol. The summed E-state index contributed by atoms with van der Waals surface area (Å²) < 4.78 is 20.1. The van der Waals surface area contributed by atoms with Crippen LogP contribution in [0.3, 0.4) is 0 Å².